The summed E-state index contributed by atoms with van der Waals surface area (Å²) in [7, 11) is 0. The van der Waals surface area contributed by atoms with Gasteiger partial charge in [0, 0.05) is 23.7 Å². The van der Waals surface area contributed by atoms with Crippen molar-refractivity contribution < 1.29 is 4.74 Å². The van der Waals surface area contributed by atoms with Crippen molar-refractivity contribution in [1.82, 2.24) is 5.32 Å². The Kier molecular flexibility index (Phi) is 3.06. The maximum Gasteiger partial charge on any atom is 0.0757 e. The van der Waals surface area contributed by atoms with Crippen LogP contribution in [0.1, 0.15) is 42.9 Å². The summed E-state index contributed by atoms with van der Waals surface area (Å²) in [6, 6.07) is 7.40. The van der Waals surface area contributed by atoms with E-state index in [4.69, 9.17) is 16.3 Å². The highest BCUT2D eigenvalue weighted by atomic mass is 35.5. The molecule has 3 unspecified atom stereocenters. The number of fused-ring (bicyclic) bond motifs is 1. The molecule has 0 spiro atoms. The van der Waals surface area contributed by atoms with E-state index >= 15 is 0 Å². The van der Waals surface area contributed by atoms with Crippen LogP contribution in [0.4, 0.5) is 0 Å². The molecule has 19 heavy (non-hydrogen) atoms. The Morgan fingerprint density at radius 3 is 2.89 bits per heavy atom. The standard InChI is InChI=1S/C16H20ClNO/c17-12-4-5-13-11(9-12)3-6-14(13)18-15-7-8-19-16(15)10-1-2-10/h4-5,9-10,14-16,18H,1-3,6-8H2. The number of hydrogen-bond acceptors (Lipinski definition) is 2. The van der Waals surface area contributed by atoms with Crippen molar-refractivity contribution >= 4 is 11.6 Å². The zero-order valence-corrected chi connectivity index (χ0v) is 11.8. The first-order chi connectivity index (χ1) is 9.31. The molecule has 2 aliphatic carbocycles. The van der Waals surface area contributed by atoms with Crippen LogP contribution in [0.3, 0.4) is 0 Å². The second kappa shape index (κ2) is 4.76. The summed E-state index contributed by atoms with van der Waals surface area (Å²) in [6.07, 6.45) is 6.70. The molecule has 0 bridgehead atoms. The average Bonchev–Trinajstić information content (AvgIpc) is 3.02. The summed E-state index contributed by atoms with van der Waals surface area (Å²) in [5.41, 5.74) is 2.87. The van der Waals surface area contributed by atoms with E-state index in [0.717, 1.165) is 24.0 Å². The summed E-state index contributed by atoms with van der Waals surface area (Å²) in [5, 5.41) is 4.72. The van der Waals surface area contributed by atoms with Crippen LogP contribution in [0, 0.1) is 5.92 Å². The molecule has 1 N–H and O–H groups in total. The van der Waals surface area contributed by atoms with Crippen LogP contribution in [0.25, 0.3) is 0 Å². The molecule has 1 saturated carbocycles. The van der Waals surface area contributed by atoms with E-state index in [1.165, 1.54) is 36.8 Å². The zero-order valence-electron chi connectivity index (χ0n) is 11.1. The van der Waals surface area contributed by atoms with Crippen LogP contribution < -0.4 is 5.32 Å². The van der Waals surface area contributed by atoms with Gasteiger partial charge in [0.1, 0.15) is 0 Å². The largest absolute Gasteiger partial charge is 0.376 e. The van der Waals surface area contributed by atoms with E-state index in [1.54, 1.807) is 0 Å². The Bertz CT molecular complexity index is 486. The molecule has 3 heteroatoms. The van der Waals surface area contributed by atoms with Gasteiger partial charge in [-0.25, -0.2) is 0 Å². The van der Waals surface area contributed by atoms with Gasteiger partial charge in [-0.15, -0.1) is 0 Å². The van der Waals surface area contributed by atoms with Crippen LogP contribution in [-0.2, 0) is 11.2 Å². The lowest BCUT2D eigenvalue weighted by Crippen LogP contribution is -2.39. The Balaban J connectivity index is 1.49. The first-order valence-electron chi connectivity index (χ1n) is 7.47. The van der Waals surface area contributed by atoms with Gasteiger partial charge in [0.25, 0.3) is 0 Å². The Morgan fingerprint density at radius 1 is 1.16 bits per heavy atom. The molecule has 3 atom stereocenters. The van der Waals surface area contributed by atoms with E-state index in [2.05, 4.69) is 17.4 Å². The van der Waals surface area contributed by atoms with Gasteiger partial charge < -0.3 is 10.1 Å². The highest BCUT2D eigenvalue weighted by molar-refractivity contribution is 6.30. The number of halogens is 1. The van der Waals surface area contributed by atoms with Crippen molar-refractivity contribution in [3.8, 4) is 0 Å². The van der Waals surface area contributed by atoms with E-state index in [-0.39, 0.29) is 0 Å². The lowest BCUT2D eigenvalue weighted by Gasteiger charge is -2.24. The fraction of sp³-hybridized carbons (Fsp3) is 0.625. The molecule has 0 radical (unpaired) electrons. The van der Waals surface area contributed by atoms with E-state index in [9.17, 15) is 0 Å². The van der Waals surface area contributed by atoms with Gasteiger partial charge in [-0.3, -0.25) is 0 Å². The normalized spacial score (nSPS) is 33.6. The molecule has 0 amide bonds. The number of nitrogens with one attached hydrogen (secondary N) is 1. The average molecular weight is 278 g/mol. The molecule has 1 saturated heterocycles. The van der Waals surface area contributed by atoms with E-state index in [1.807, 2.05) is 6.07 Å². The highest BCUT2D eigenvalue weighted by Crippen LogP contribution is 2.40. The van der Waals surface area contributed by atoms with Crippen LogP contribution in [0.15, 0.2) is 18.2 Å². The molecule has 102 valence electrons. The molecular formula is C16H20ClNO. The van der Waals surface area contributed by atoms with Gasteiger partial charge in [-0.2, -0.15) is 0 Å². The predicted octanol–water partition coefficient (Wildman–Crippen LogP) is 3.48. The van der Waals surface area contributed by atoms with Crippen molar-refractivity contribution in [1.29, 1.82) is 0 Å². The number of benzene rings is 1. The third-order valence-corrected chi connectivity index (χ3v) is 5.06. The summed E-state index contributed by atoms with van der Waals surface area (Å²) in [5.74, 6) is 0.825. The fourth-order valence-corrected chi connectivity index (χ4v) is 3.89. The first kappa shape index (κ1) is 12.2. The number of aryl methyl sites for hydroxylation is 1. The maximum absolute atomic E-state index is 6.07. The zero-order chi connectivity index (χ0) is 12.8. The van der Waals surface area contributed by atoms with Gasteiger partial charge >= 0.3 is 0 Å². The van der Waals surface area contributed by atoms with Crippen LogP contribution >= 0.6 is 11.6 Å². The lowest BCUT2D eigenvalue weighted by atomic mass is 10.0. The molecule has 1 heterocycles. The van der Waals surface area contributed by atoms with Gasteiger partial charge in [0.15, 0.2) is 0 Å². The fourth-order valence-electron chi connectivity index (χ4n) is 3.70. The molecule has 4 rings (SSSR count). The van der Waals surface area contributed by atoms with Crippen LogP contribution in [0.2, 0.25) is 5.02 Å². The van der Waals surface area contributed by atoms with E-state index in [0.29, 0.717) is 18.2 Å². The SMILES string of the molecule is Clc1ccc2c(c1)CCC2NC1CCOC1C1CC1. The van der Waals surface area contributed by atoms with Gasteiger partial charge in [0.05, 0.1) is 6.10 Å². The number of ether oxygens (including phenoxy) is 1. The summed E-state index contributed by atoms with van der Waals surface area (Å²) < 4.78 is 5.92. The minimum Gasteiger partial charge on any atom is -0.376 e. The first-order valence-corrected chi connectivity index (χ1v) is 7.85. The minimum absolute atomic E-state index is 0.469. The van der Waals surface area contributed by atoms with Crippen molar-refractivity contribution in [3.63, 3.8) is 0 Å². The van der Waals surface area contributed by atoms with Crippen molar-refractivity contribution in [2.45, 2.75) is 50.3 Å². The molecule has 1 aromatic rings. The Labute approximate surface area is 119 Å². The molecule has 0 aromatic heterocycles. The Morgan fingerprint density at radius 2 is 2.05 bits per heavy atom. The molecule has 2 nitrogen and oxygen atoms in total. The third-order valence-electron chi connectivity index (χ3n) is 4.82. The molecular weight excluding hydrogens is 258 g/mol. The highest BCUT2D eigenvalue weighted by Gasteiger charge is 2.41. The van der Waals surface area contributed by atoms with Gasteiger partial charge in [-0.1, -0.05) is 17.7 Å². The summed E-state index contributed by atoms with van der Waals surface area (Å²) >= 11 is 6.07. The van der Waals surface area contributed by atoms with Crippen LogP contribution in [-0.4, -0.2) is 18.8 Å². The summed E-state index contributed by atoms with van der Waals surface area (Å²) in [4.78, 5) is 0. The van der Waals surface area contributed by atoms with Crippen molar-refractivity contribution in [3.05, 3.63) is 34.3 Å². The maximum atomic E-state index is 6.07. The Hall–Kier alpha value is -0.570. The quantitative estimate of drug-likeness (QED) is 0.913. The smallest absolute Gasteiger partial charge is 0.0757 e. The monoisotopic (exact) mass is 277 g/mol. The lowest BCUT2D eigenvalue weighted by molar-refractivity contribution is 0.0788. The molecule has 3 aliphatic rings. The number of rotatable bonds is 3. The molecule has 2 fully saturated rings. The van der Waals surface area contributed by atoms with Gasteiger partial charge in [0.2, 0.25) is 0 Å². The molecule has 1 aliphatic heterocycles. The second-order valence-corrected chi connectivity index (χ2v) is 6.61. The van der Waals surface area contributed by atoms with E-state index < -0.39 is 0 Å². The summed E-state index contributed by atoms with van der Waals surface area (Å²) in [6.45, 7) is 0.930. The topological polar surface area (TPSA) is 21.3 Å². The number of hydrogen-bond donors (Lipinski definition) is 1. The predicted molar refractivity (Wildman–Crippen MR) is 76.5 cm³/mol. The molecule has 1 aromatic carbocycles. The van der Waals surface area contributed by atoms with Crippen molar-refractivity contribution in [2.24, 2.45) is 5.92 Å². The third kappa shape index (κ3) is 2.31. The van der Waals surface area contributed by atoms with Crippen molar-refractivity contribution in [2.75, 3.05) is 6.61 Å². The van der Waals surface area contributed by atoms with Crippen LogP contribution in [0.5, 0.6) is 0 Å². The van der Waals surface area contributed by atoms with Gasteiger partial charge in [-0.05, 0) is 61.3 Å². The minimum atomic E-state index is 0.469. The second-order valence-electron chi connectivity index (χ2n) is 6.17.